The molecular weight excluding hydrogens is 861 g/mol. The summed E-state index contributed by atoms with van der Waals surface area (Å²) in [4.78, 5) is 4.31. The number of aryl methyl sites for hydroxylation is 5. The molecule has 0 spiro atoms. The van der Waals surface area contributed by atoms with Gasteiger partial charge in [-0.15, -0.1) is 0 Å². The van der Waals surface area contributed by atoms with Crippen molar-refractivity contribution >= 4 is 49.3 Å². The first-order valence-electron chi connectivity index (χ1n) is 24.1. The summed E-state index contributed by atoms with van der Waals surface area (Å²) >= 11 is 0. The normalized spacial score (nSPS) is 11.4. The lowest BCUT2D eigenvalue weighted by Gasteiger charge is -2.21. The highest BCUT2D eigenvalue weighted by atomic mass is 15.1. The van der Waals surface area contributed by atoms with Gasteiger partial charge in [0.1, 0.15) is 0 Å². The third-order valence-electron chi connectivity index (χ3n) is 14.4. The van der Waals surface area contributed by atoms with Crippen LogP contribution in [-0.4, -0.2) is 9.13 Å². The van der Waals surface area contributed by atoms with Crippen molar-refractivity contribution in [1.29, 1.82) is 5.26 Å². The second kappa shape index (κ2) is 17.1. The van der Waals surface area contributed by atoms with Gasteiger partial charge in [0, 0.05) is 21.5 Å². The van der Waals surface area contributed by atoms with E-state index in [1.165, 1.54) is 22.3 Å². The maximum atomic E-state index is 10.7. The molecule has 12 rings (SSSR count). The molecule has 2 heterocycles. The van der Waals surface area contributed by atoms with Crippen LogP contribution in [0.5, 0.6) is 0 Å². The monoisotopic (exact) mass is 908 g/mol. The molecular formula is C67H48N4. The molecule has 0 unspecified atom stereocenters. The van der Waals surface area contributed by atoms with Gasteiger partial charge in [-0.05, 0) is 138 Å². The Hall–Kier alpha value is -9.22. The van der Waals surface area contributed by atoms with Crippen LogP contribution in [0.25, 0.3) is 115 Å². The van der Waals surface area contributed by atoms with Crippen LogP contribution >= 0.6 is 0 Å². The van der Waals surface area contributed by atoms with Gasteiger partial charge in [-0.3, -0.25) is 0 Å². The lowest BCUT2D eigenvalue weighted by Crippen LogP contribution is -2.05. The summed E-state index contributed by atoms with van der Waals surface area (Å²) in [6.45, 7) is 19.4. The number of fused-ring (bicyclic) bond motifs is 6. The molecule has 71 heavy (non-hydrogen) atoms. The minimum atomic E-state index is 0.463. The molecule has 12 aromatic rings. The van der Waals surface area contributed by atoms with Gasteiger partial charge < -0.3 is 9.13 Å². The first kappa shape index (κ1) is 43.1. The van der Waals surface area contributed by atoms with E-state index in [0.29, 0.717) is 16.8 Å². The molecule has 0 amide bonds. The van der Waals surface area contributed by atoms with Crippen LogP contribution in [0.15, 0.2) is 200 Å². The van der Waals surface area contributed by atoms with Gasteiger partial charge >= 0.3 is 0 Å². The van der Waals surface area contributed by atoms with Crippen molar-refractivity contribution in [2.45, 2.75) is 34.6 Å². The first-order chi connectivity index (χ1) is 34.6. The molecule has 336 valence electrons. The van der Waals surface area contributed by atoms with E-state index in [2.05, 4.69) is 230 Å². The van der Waals surface area contributed by atoms with E-state index in [-0.39, 0.29) is 0 Å². The Bertz CT molecular complexity index is 3980. The van der Waals surface area contributed by atoms with Crippen LogP contribution in [0, 0.1) is 52.5 Å². The molecule has 0 fully saturated rings. The van der Waals surface area contributed by atoms with Crippen LogP contribution in [0.4, 0.5) is 5.69 Å². The van der Waals surface area contributed by atoms with Crippen molar-refractivity contribution in [2.24, 2.45) is 0 Å². The van der Waals surface area contributed by atoms with Gasteiger partial charge in [0.2, 0.25) is 0 Å². The molecule has 0 radical (unpaired) electrons. The van der Waals surface area contributed by atoms with E-state index in [1.807, 2.05) is 25.1 Å². The summed E-state index contributed by atoms with van der Waals surface area (Å²) in [5.41, 5.74) is 23.0. The highest BCUT2D eigenvalue weighted by Gasteiger charge is 2.25. The molecule has 0 aliphatic rings. The highest BCUT2D eigenvalue weighted by Crippen LogP contribution is 2.46. The van der Waals surface area contributed by atoms with Crippen LogP contribution < -0.4 is 0 Å². The Morgan fingerprint density at radius 2 is 0.648 bits per heavy atom. The molecule has 2 aromatic heterocycles. The van der Waals surface area contributed by atoms with Crippen LogP contribution in [0.1, 0.15) is 33.4 Å². The maximum Gasteiger partial charge on any atom is 0.197 e. The predicted octanol–water partition coefficient (Wildman–Crippen LogP) is 18.2. The van der Waals surface area contributed by atoms with Crippen molar-refractivity contribution in [1.82, 2.24) is 9.13 Å². The molecule has 0 bridgehead atoms. The number of aromatic nitrogens is 2. The molecule has 0 N–H and O–H groups in total. The van der Waals surface area contributed by atoms with E-state index in [0.717, 1.165) is 111 Å². The van der Waals surface area contributed by atoms with Crippen LogP contribution in [0.3, 0.4) is 0 Å². The largest absolute Gasteiger partial charge is 0.308 e. The summed E-state index contributed by atoms with van der Waals surface area (Å²) in [5.74, 6) is 0. The van der Waals surface area contributed by atoms with Crippen molar-refractivity contribution in [3.63, 3.8) is 0 Å². The number of nitriles is 1. The zero-order chi connectivity index (χ0) is 48.5. The third-order valence-corrected chi connectivity index (χ3v) is 14.4. The molecule has 0 saturated carbocycles. The number of nitrogens with zero attached hydrogens (tertiary/aromatic N) is 4. The summed E-state index contributed by atoms with van der Waals surface area (Å²) < 4.78 is 4.80. The van der Waals surface area contributed by atoms with Gasteiger partial charge in [0.25, 0.3) is 0 Å². The molecule has 0 saturated heterocycles. The fourth-order valence-corrected chi connectivity index (χ4v) is 10.5. The molecule has 10 aromatic carbocycles. The second-order valence-corrected chi connectivity index (χ2v) is 19.2. The SMILES string of the molecule is [C-]#[N+]c1cc(-n2c3cc(-c4ccc(C)cc4)ccc3c3ccc(-c4ccc(C)cc4)cc32)c(-n2c3cc(-c4ccc(C)cc4)ccc3c3ccc(-c4ccc(C)cc4)cc32)cc1-c1ccc(C)cc1C#N. The van der Waals surface area contributed by atoms with Crippen molar-refractivity contribution in [3.05, 3.63) is 245 Å². The first-order valence-corrected chi connectivity index (χ1v) is 24.1. The molecule has 0 aliphatic heterocycles. The Labute approximate surface area is 414 Å². The average Bonchev–Trinajstić information content (AvgIpc) is 3.90. The lowest BCUT2D eigenvalue weighted by molar-refractivity contribution is 1.10. The van der Waals surface area contributed by atoms with Crippen molar-refractivity contribution in [2.75, 3.05) is 0 Å². The van der Waals surface area contributed by atoms with Gasteiger partial charge in [-0.2, -0.15) is 5.26 Å². The Morgan fingerprint density at radius 3 is 0.972 bits per heavy atom. The zero-order valence-electron chi connectivity index (χ0n) is 40.3. The topological polar surface area (TPSA) is 38.0 Å². The molecule has 4 heteroatoms. The molecule has 0 atom stereocenters. The van der Waals surface area contributed by atoms with E-state index in [9.17, 15) is 5.26 Å². The Balaban J connectivity index is 1.26. The smallest absolute Gasteiger partial charge is 0.197 e. The zero-order valence-corrected chi connectivity index (χ0v) is 40.3. The molecule has 0 aliphatic carbocycles. The minimum absolute atomic E-state index is 0.463. The van der Waals surface area contributed by atoms with E-state index < -0.39 is 0 Å². The number of benzene rings is 10. The summed E-state index contributed by atoms with van der Waals surface area (Å²) in [5, 5.41) is 15.2. The Kier molecular flexibility index (Phi) is 10.4. The van der Waals surface area contributed by atoms with Gasteiger partial charge in [0.05, 0.1) is 51.6 Å². The highest BCUT2D eigenvalue weighted by molar-refractivity contribution is 6.14. The number of rotatable bonds is 7. The molecule has 4 nitrogen and oxygen atoms in total. The van der Waals surface area contributed by atoms with Gasteiger partial charge in [-0.1, -0.05) is 180 Å². The summed E-state index contributed by atoms with van der Waals surface area (Å²) in [6, 6.07) is 74.8. The van der Waals surface area contributed by atoms with Crippen molar-refractivity contribution < 1.29 is 0 Å². The van der Waals surface area contributed by atoms with Gasteiger partial charge in [0.15, 0.2) is 5.69 Å². The van der Waals surface area contributed by atoms with Crippen molar-refractivity contribution in [3.8, 4) is 73.1 Å². The van der Waals surface area contributed by atoms with E-state index in [1.54, 1.807) is 0 Å². The third kappa shape index (κ3) is 7.46. The standard InChI is InChI=1S/C67H48N4/c1-41-7-16-46(17-8-41)50-24-29-56-57-30-25-51(47-18-9-42(2)10-19-47)35-63(57)70(62(56)34-50)66-38-60(55-28-15-45(5)33-54(55)40-68)61(69-6)39-67(66)71-64-36-52(48-20-11-43(3)12-21-48)26-31-58(64)59-32-27-53(37-65(59)71)49-22-13-44(4)14-23-49/h7-39H,1-5H3. The number of hydrogen-bond acceptors (Lipinski definition) is 1. The predicted molar refractivity (Wildman–Crippen MR) is 297 cm³/mol. The summed E-state index contributed by atoms with van der Waals surface area (Å²) in [6.07, 6.45) is 0. The van der Waals surface area contributed by atoms with Crippen LogP contribution in [-0.2, 0) is 0 Å². The summed E-state index contributed by atoms with van der Waals surface area (Å²) in [7, 11) is 0. The maximum absolute atomic E-state index is 10.7. The average molecular weight is 909 g/mol. The Morgan fingerprint density at radius 1 is 0.338 bits per heavy atom. The van der Waals surface area contributed by atoms with Crippen LogP contribution in [0.2, 0.25) is 0 Å². The van der Waals surface area contributed by atoms with E-state index >= 15 is 0 Å². The van der Waals surface area contributed by atoms with Gasteiger partial charge in [-0.25, -0.2) is 4.85 Å². The lowest BCUT2D eigenvalue weighted by atomic mass is 9.95. The fourth-order valence-electron chi connectivity index (χ4n) is 10.5. The minimum Gasteiger partial charge on any atom is -0.308 e. The number of hydrogen-bond donors (Lipinski definition) is 0. The second-order valence-electron chi connectivity index (χ2n) is 19.2. The fraction of sp³-hybridized carbons (Fsp3) is 0.0746. The van der Waals surface area contributed by atoms with E-state index in [4.69, 9.17) is 6.57 Å². The quantitative estimate of drug-likeness (QED) is 0.147.